The van der Waals surface area contributed by atoms with Crippen molar-refractivity contribution in [2.24, 2.45) is 5.92 Å². The Kier molecular flexibility index (Phi) is 5.30. The molecule has 1 aliphatic rings. The third-order valence-corrected chi connectivity index (χ3v) is 4.95. The van der Waals surface area contributed by atoms with Gasteiger partial charge < -0.3 is 14.6 Å². The van der Waals surface area contributed by atoms with Crippen LogP contribution in [-0.2, 0) is 22.6 Å². The van der Waals surface area contributed by atoms with E-state index in [0.717, 1.165) is 28.9 Å². The van der Waals surface area contributed by atoms with E-state index in [-0.39, 0.29) is 11.8 Å². The van der Waals surface area contributed by atoms with Gasteiger partial charge in [0, 0.05) is 25.5 Å². The zero-order valence-corrected chi connectivity index (χ0v) is 15.2. The molecule has 2 aromatic carbocycles. The summed E-state index contributed by atoms with van der Waals surface area (Å²) in [5, 5.41) is 0. The summed E-state index contributed by atoms with van der Waals surface area (Å²) in [5.41, 5.74) is 3.43. The van der Waals surface area contributed by atoms with Crippen LogP contribution in [0.1, 0.15) is 17.8 Å². The number of nitrogens with zero attached hydrogens (tertiary/aromatic N) is 2. The molecule has 5 nitrogen and oxygen atoms in total. The molecule has 27 heavy (non-hydrogen) atoms. The van der Waals surface area contributed by atoms with Gasteiger partial charge in [0.25, 0.3) is 0 Å². The van der Waals surface area contributed by atoms with E-state index in [0.29, 0.717) is 26.3 Å². The van der Waals surface area contributed by atoms with Gasteiger partial charge in [-0.2, -0.15) is 0 Å². The molecule has 1 unspecified atom stereocenters. The molecule has 138 valence electrons. The Balaban J connectivity index is 1.62. The first-order valence-corrected chi connectivity index (χ1v) is 9.29. The minimum atomic E-state index is -0.0659. The Morgan fingerprint density at radius 3 is 2.67 bits per heavy atom. The van der Waals surface area contributed by atoms with Crippen LogP contribution in [0.2, 0.25) is 0 Å². The summed E-state index contributed by atoms with van der Waals surface area (Å²) in [6.07, 6.45) is 4.29. The van der Waals surface area contributed by atoms with Crippen molar-refractivity contribution in [1.82, 2.24) is 14.9 Å². The standard InChI is InChI=1S/C22H23N3O2/c26-22(19-10-13-27-16-19)25(15-21-23-11-12-24-21)14-18-8-4-5-9-20(18)17-6-2-1-3-7-17/h1-9,11-12,19H,10,13-16H2,(H,23,24). The molecule has 4 rings (SSSR count). The monoisotopic (exact) mass is 361 g/mol. The fourth-order valence-electron chi connectivity index (χ4n) is 3.53. The highest BCUT2D eigenvalue weighted by atomic mass is 16.5. The third-order valence-electron chi connectivity index (χ3n) is 4.95. The molecule has 0 bridgehead atoms. The summed E-state index contributed by atoms with van der Waals surface area (Å²) in [4.78, 5) is 22.4. The second-order valence-corrected chi connectivity index (χ2v) is 6.81. The van der Waals surface area contributed by atoms with E-state index in [1.807, 2.05) is 35.2 Å². The van der Waals surface area contributed by atoms with Gasteiger partial charge in [0.15, 0.2) is 0 Å². The molecular formula is C22H23N3O2. The van der Waals surface area contributed by atoms with Crippen molar-refractivity contribution in [1.29, 1.82) is 0 Å². The van der Waals surface area contributed by atoms with E-state index in [9.17, 15) is 4.79 Å². The SMILES string of the molecule is O=C(C1CCOC1)N(Cc1ncc[nH]1)Cc1ccccc1-c1ccccc1. The maximum atomic E-state index is 13.1. The number of imidazole rings is 1. The summed E-state index contributed by atoms with van der Waals surface area (Å²) in [6, 6.07) is 18.5. The first kappa shape index (κ1) is 17.5. The van der Waals surface area contributed by atoms with Crippen LogP contribution in [0.5, 0.6) is 0 Å². The second kappa shape index (κ2) is 8.18. The van der Waals surface area contributed by atoms with Gasteiger partial charge in [-0.05, 0) is 23.1 Å². The number of hydrogen-bond donors (Lipinski definition) is 1. The number of H-pyrrole nitrogens is 1. The fourth-order valence-corrected chi connectivity index (χ4v) is 3.53. The second-order valence-electron chi connectivity index (χ2n) is 6.81. The predicted octanol–water partition coefficient (Wildman–Crippen LogP) is 3.64. The largest absolute Gasteiger partial charge is 0.381 e. The van der Waals surface area contributed by atoms with Crippen LogP contribution in [-0.4, -0.2) is 34.0 Å². The van der Waals surface area contributed by atoms with E-state index < -0.39 is 0 Å². The normalized spacial score (nSPS) is 16.4. The molecule has 0 radical (unpaired) electrons. The number of benzene rings is 2. The lowest BCUT2D eigenvalue weighted by atomic mass is 9.98. The average Bonchev–Trinajstić information content (AvgIpc) is 3.42. The molecule has 1 fully saturated rings. The molecule has 0 saturated carbocycles. The van der Waals surface area contributed by atoms with E-state index in [1.54, 1.807) is 12.4 Å². The molecule has 1 saturated heterocycles. The van der Waals surface area contributed by atoms with Gasteiger partial charge >= 0.3 is 0 Å². The van der Waals surface area contributed by atoms with Crippen molar-refractivity contribution >= 4 is 5.91 Å². The smallest absolute Gasteiger partial charge is 0.228 e. The van der Waals surface area contributed by atoms with Crippen molar-refractivity contribution < 1.29 is 9.53 Å². The number of aromatic nitrogens is 2. The fraction of sp³-hybridized carbons (Fsp3) is 0.273. The molecule has 1 N–H and O–H groups in total. The molecule has 2 heterocycles. The lowest BCUT2D eigenvalue weighted by molar-refractivity contribution is -0.136. The van der Waals surface area contributed by atoms with Crippen LogP contribution < -0.4 is 0 Å². The first-order valence-electron chi connectivity index (χ1n) is 9.29. The van der Waals surface area contributed by atoms with Crippen molar-refractivity contribution in [3.8, 4) is 11.1 Å². The Bertz CT molecular complexity index is 872. The highest BCUT2D eigenvalue weighted by molar-refractivity contribution is 5.79. The zero-order valence-electron chi connectivity index (χ0n) is 15.2. The predicted molar refractivity (Wildman–Crippen MR) is 104 cm³/mol. The van der Waals surface area contributed by atoms with Gasteiger partial charge in [0.05, 0.1) is 19.1 Å². The van der Waals surface area contributed by atoms with Crippen LogP contribution in [0.15, 0.2) is 67.0 Å². The van der Waals surface area contributed by atoms with Crippen LogP contribution >= 0.6 is 0 Å². The van der Waals surface area contributed by atoms with Crippen LogP contribution in [0.25, 0.3) is 11.1 Å². The van der Waals surface area contributed by atoms with Gasteiger partial charge in [0.1, 0.15) is 5.82 Å². The van der Waals surface area contributed by atoms with Gasteiger partial charge in [-0.15, -0.1) is 0 Å². The van der Waals surface area contributed by atoms with Crippen molar-refractivity contribution in [2.75, 3.05) is 13.2 Å². The maximum Gasteiger partial charge on any atom is 0.228 e. The number of carbonyl (C=O) groups is 1. The van der Waals surface area contributed by atoms with Crippen LogP contribution in [0, 0.1) is 5.92 Å². The van der Waals surface area contributed by atoms with Crippen molar-refractivity contribution in [2.45, 2.75) is 19.5 Å². The molecule has 0 spiro atoms. The molecule has 5 heteroatoms. The minimum Gasteiger partial charge on any atom is -0.381 e. The lowest BCUT2D eigenvalue weighted by Gasteiger charge is -2.25. The Labute approximate surface area is 159 Å². The number of rotatable bonds is 6. The Morgan fingerprint density at radius 2 is 1.93 bits per heavy atom. The molecule has 1 aromatic heterocycles. The maximum absolute atomic E-state index is 13.1. The topological polar surface area (TPSA) is 58.2 Å². The first-order chi connectivity index (χ1) is 13.3. The van der Waals surface area contributed by atoms with E-state index in [2.05, 4.69) is 34.2 Å². The van der Waals surface area contributed by atoms with Gasteiger partial charge in [0.2, 0.25) is 5.91 Å². The molecule has 1 atom stereocenters. The highest BCUT2D eigenvalue weighted by Crippen LogP contribution is 2.26. The van der Waals surface area contributed by atoms with Gasteiger partial charge in [-0.1, -0.05) is 54.6 Å². The summed E-state index contributed by atoms with van der Waals surface area (Å²) in [7, 11) is 0. The zero-order chi connectivity index (χ0) is 18.5. The number of hydrogen-bond acceptors (Lipinski definition) is 3. The molecule has 3 aromatic rings. The number of amides is 1. The molecule has 1 aliphatic heterocycles. The number of aromatic amines is 1. The summed E-state index contributed by atoms with van der Waals surface area (Å²) < 4.78 is 5.44. The number of nitrogens with one attached hydrogen (secondary N) is 1. The number of carbonyl (C=O) groups excluding carboxylic acids is 1. The summed E-state index contributed by atoms with van der Waals surface area (Å²) in [6.45, 7) is 2.17. The van der Waals surface area contributed by atoms with Crippen LogP contribution in [0.4, 0.5) is 0 Å². The lowest BCUT2D eigenvalue weighted by Crippen LogP contribution is -2.36. The highest BCUT2D eigenvalue weighted by Gasteiger charge is 2.29. The summed E-state index contributed by atoms with van der Waals surface area (Å²) >= 11 is 0. The van der Waals surface area contributed by atoms with E-state index in [1.165, 1.54) is 0 Å². The van der Waals surface area contributed by atoms with Crippen molar-refractivity contribution in [3.05, 3.63) is 78.4 Å². The quantitative estimate of drug-likeness (QED) is 0.729. The van der Waals surface area contributed by atoms with Crippen LogP contribution in [0.3, 0.4) is 0 Å². The Hall–Kier alpha value is -2.92. The molecule has 0 aliphatic carbocycles. The molecule has 1 amide bonds. The van der Waals surface area contributed by atoms with E-state index >= 15 is 0 Å². The minimum absolute atomic E-state index is 0.0659. The average molecular weight is 361 g/mol. The Morgan fingerprint density at radius 1 is 1.11 bits per heavy atom. The van der Waals surface area contributed by atoms with Crippen molar-refractivity contribution in [3.63, 3.8) is 0 Å². The van der Waals surface area contributed by atoms with Gasteiger partial charge in [-0.25, -0.2) is 4.98 Å². The number of ether oxygens (including phenoxy) is 1. The molecular weight excluding hydrogens is 338 g/mol. The third kappa shape index (κ3) is 4.09. The van der Waals surface area contributed by atoms with E-state index in [4.69, 9.17) is 4.74 Å². The summed E-state index contributed by atoms with van der Waals surface area (Å²) in [5.74, 6) is 0.857. The van der Waals surface area contributed by atoms with Gasteiger partial charge in [-0.3, -0.25) is 4.79 Å².